The quantitative estimate of drug-likeness (QED) is 0.702. The van der Waals surface area contributed by atoms with E-state index >= 15 is 0 Å². The molecule has 0 spiro atoms. The van der Waals surface area contributed by atoms with Crippen molar-refractivity contribution in [2.24, 2.45) is 0 Å². The summed E-state index contributed by atoms with van der Waals surface area (Å²) in [6, 6.07) is 0. The highest BCUT2D eigenvalue weighted by Crippen LogP contribution is 2.27. The molecule has 1 aromatic heterocycles. The molecule has 0 radical (unpaired) electrons. The first-order chi connectivity index (χ1) is 8.17. The highest BCUT2D eigenvalue weighted by atomic mass is 16.5. The van der Waals surface area contributed by atoms with Gasteiger partial charge in [0, 0.05) is 18.8 Å². The summed E-state index contributed by atoms with van der Waals surface area (Å²) >= 11 is 0. The molecular weight excluding hydrogens is 220 g/mol. The maximum absolute atomic E-state index is 9.57. The van der Waals surface area contributed by atoms with Crippen LogP contribution in [0, 0.1) is 6.92 Å². The summed E-state index contributed by atoms with van der Waals surface area (Å²) in [6.07, 6.45) is 2.94. The minimum Gasteiger partial charge on any atom is -0.394 e. The van der Waals surface area contributed by atoms with E-state index < -0.39 is 0 Å². The number of aliphatic hydroxyl groups excluding tert-OH is 1. The molecule has 0 bridgehead atoms. The van der Waals surface area contributed by atoms with Gasteiger partial charge in [-0.05, 0) is 19.8 Å². The first-order valence-electron chi connectivity index (χ1n) is 5.71. The number of nitrogens with two attached hydrogens (primary N) is 1. The lowest BCUT2D eigenvalue weighted by molar-refractivity contribution is 0.0378. The second-order valence-corrected chi connectivity index (χ2v) is 4.41. The largest absolute Gasteiger partial charge is 0.394 e. The molecule has 1 aromatic rings. The SMILES string of the molecule is Cc1c(N)ncnc1NC1(CO)CCOCC1. The van der Waals surface area contributed by atoms with Gasteiger partial charge in [-0.15, -0.1) is 0 Å². The fourth-order valence-electron chi connectivity index (χ4n) is 1.93. The van der Waals surface area contributed by atoms with E-state index in [-0.39, 0.29) is 12.1 Å². The van der Waals surface area contributed by atoms with Crippen LogP contribution in [0.3, 0.4) is 0 Å². The van der Waals surface area contributed by atoms with Gasteiger partial charge in [-0.2, -0.15) is 0 Å². The average molecular weight is 238 g/mol. The zero-order valence-corrected chi connectivity index (χ0v) is 9.94. The van der Waals surface area contributed by atoms with Crippen molar-refractivity contribution in [2.75, 3.05) is 30.9 Å². The van der Waals surface area contributed by atoms with E-state index in [4.69, 9.17) is 10.5 Å². The van der Waals surface area contributed by atoms with Gasteiger partial charge in [0.25, 0.3) is 0 Å². The highest BCUT2D eigenvalue weighted by molar-refractivity contribution is 5.55. The first kappa shape index (κ1) is 12.1. The molecule has 1 fully saturated rings. The molecule has 94 valence electrons. The molecule has 17 heavy (non-hydrogen) atoms. The summed E-state index contributed by atoms with van der Waals surface area (Å²) in [4.78, 5) is 8.09. The van der Waals surface area contributed by atoms with Gasteiger partial charge in [0.1, 0.15) is 18.0 Å². The van der Waals surface area contributed by atoms with Crippen molar-refractivity contribution in [1.29, 1.82) is 0 Å². The number of aliphatic hydroxyl groups is 1. The van der Waals surface area contributed by atoms with Crippen LogP contribution in [0.1, 0.15) is 18.4 Å². The number of hydrogen-bond donors (Lipinski definition) is 3. The molecule has 2 heterocycles. The number of hydrogen-bond acceptors (Lipinski definition) is 6. The van der Waals surface area contributed by atoms with E-state index in [1.54, 1.807) is 0 Å². The van der Waals surface area contributed by atoms with Gasteiger partial charge in [0.15, 0.2) is 0 Å². The minimum absolute atomic E-state index is 0.0553. The zero-order valence-electron chi connectivity index (χ0n) is 9.94. The molecule has 0 unspecified atom stereocenters. The number of nitrogens with one attached hydrogen (secondary N) is 1. The summed E-state index contributed by atoms with van der Waals surface area (Å²) in [5, 5.41) is 12.9. The van der Waals surface area contributed by atoms with E-state index in [0.29, 0.717) is 24.8 Å². The molecule has 4 N–H and O–H groups in total. The third kappa shape index (κ3) is 2.48. The molecular formula is C11H18N4O2. The average Bonchev–Trinajstić information content (AvgIpc) is 2.36. The van der Waals surface area contributed by atoms with Crippen molar-refractivity contribution in [1.82, 2.24) is 9.97 Å². The predicted molar refractivity (Wildman–Crippen MR) is 64.7 cm³/mol. The molecule has 0 atom stereocenters. The van der Waals surface area contributed by atoms with Crippen LogP contribution in [0.5, 0.6) is 0 Å². The third-order valence-corrected chi connectivity index (χ3v) is 3.26. The van der Waals surface area contributed by atoms with Crippen molar-refractivity contribution in [3.63, 3.8) is 0 Å². The number of ether oxygens (including phenoxy) is 1. The zero-order chi connectivity index (χ0) is 12.3. The van der Waals surface area contributed by atoms with Crippen LogP contribution in [0.4, 0.5) is 11.6 Å². The Labute approximate surface area is 100 Å². The van der Waals surface area contributed by atoms with Crippen LogP contribution in [0.15, 0.2) is 6.33 Å². The monoisotopic (exact) mass is 238 g/mol. The van der Waals surface area contributed by atoms with Gasteiger partial charge in [0.05, 0.1) is 12.1 Å². The fraction of sp³-hybridized carbons (Fsp3) is 0.636. The van der Waals surface area contributed by atoms with Crippen LogP contribution in [0.2, 0.25) is 0 Å². The Hall–Kier alpha value is -1.40. The van der Waals surface area contributed by atoms with Gasteiger partial charge in [-0.3, -0.25) is 0 Å². The molecule has 0 aliphatic carbocycles. The van der Waals surface area contributed by atoms with Gasteiger partial charge in [0.2, 0.25) is 0 Å². The summed E-state index contributed by atoms with van der Waals surface area (Å²) < 4.78 is 5.31. The normalized spacial score (nSPS) is 18.9. The van der Waals surface area contributed by atoms with E-state index in [0.717, 1.165) is 18.4 Å². The predicted octanol–water partition coefficient (Wildman–Crippen LogP) is 0.321. The van der Waals surface area contributed by atoms with Crippen LogP contribution < -0.4 is 11.1 Å². The second kappa shape index (κ2) is 4.85. The van der Waals surface area contributed by atoms with Gasteiger partial charge >= 0.3 is 0 Å². The standard InChI is InChI=1S/C11H18N4O2/c1-8-9(12)13-7-14-10(8)15-11(6-16)2-4-17-5-3-11/h7,16H,2-6H2,1H3,(H3,12,13,14,15). The van der Waals surface area contributed by atoms with E-state index in [1.807, 2.05) is 6.92 Å². The Morgan fingerprint density at radius 3 is 2.82 bits per heavy atom. The van der Waals surface area contributed by atoms with E-state index in [1.165, 1.54) is 6.33 Å². The Kier molecular flexibility index (Phi) is 3.44. The van der Waals surface area contributed by atoms with Crippen LogP contribution >= 0.6 is 0 Å². The lowest BCUT2D eigenvalue weighted by Gasteiger charge is -2.37. The maximum Gasteiger partial charge on any atom is 0.134 e. The van der Waals surface area contributed by atoms with Crippen molar-refractivity contribution < 1.29 is 9.84 Å². The minimum atomic E-state index is -0.357. The molecule has 1 aliphatic rings. The van der Waals surface area contributed by atoms with Crippen LogP contribution in [-0.4, -0.2) is 40.4 Å². The molecule has 6 heteroatoms. The van der Waals surface area contributed by atoms with E-state index in [9.17, 15) is 5.11 Å². The smallest absolute Gasteiger partial charge is 0.134 e. The molecule has 1 aliphatic heterocycles. The second-order valence-electron chi connectivity index (χ2n) is 4.41. The van der Waals surface area contributed by atoms with Gasteiger partial charge in [-0.25, -0.2) is 9.97 Å². The summed E-state index contributed by atoms with van der Waals surface area (Å²) in [5.41, 5.74) is 6.19. The van der Waals surface area contributed by atoms with Crippen LogP contribution in [0.25, 0.3) is 0 Å². The lowest BCUT2D eigenvalue weighted by atomic mass is 9.91. The molecule has 1 saturated heterocycles. The van der Waals surface area contributed by atoms with Crippen molar-refractivity contribution >= 4 is 11.6 Å². The topological polar surface area (TPSA) is 93.3 Å². The van der Waals surface area contributed by atoms with Crippen molar-refractivity contribution in [3.05, 3.63) is 11.9 Å². The Morgan fingerprint density at radius 2 is 2.18 bits per heavy atom. The maximum atomic E-state index is 9.57. The lowest BCUT2D eigenvalue weighted by Crippen LogP contribution is -2.47. The molecule has 0 amide bonds. The Morgan fingerprint density at radius 1 is 1.47 bits per heavy atom. The number of aromatic nitrogens is 2. The number of rotatable bonds is 3. The van der Waals surface area contributed by atoms with Crippen LogP contribution in [-0.2, 0) is 4.74 Å². The molecule has 2 rings (SSSR count). The summed E-state index contributed by atoms with van der Waals surface area (Å²) in [7, 11) is 0. The summed E-state index contributed by atoms with van der Waals surface area (Å²) in [6.45, 7) is 3.21. The Balaban J connectivity index is 2.20. The highest BCUT2D eigenvalue weighted by Gasteiger charge is 2.32. The molecule has 6 nitrogen and oxygen atoms in total. The fourth-order valence-corrected chi connectivity index (χ4v) is 1.93. The van der Waals surface area contributed by atoms with Gasteiger partial charge < -0.3 is 20.9 Å². The third-order valence-electron chi connectivity index (χ3n) is 3.26. The van der Waals surface area contributed by atoms with Crippen molar-refractivity contribution in [3.8, 4) is 0 Å². The number of anilines is 2. The molecule has 0 aromatic carbocycles. The van der Waals surface area contributed by atoms with Gasteiger partial charge in [-0.1, -0.05) is 0 Å². The van der Waals surface area contributed by atoms with E-state index in [2.05, 4.69) is 15.3 Å². The number of nitrogen functional groups attached to an aromatic ring is 1. The Bertz CT molecular complexity index is 391. The summed E-state index contributed by atoms with van der Waals surface area (Å²) in [5.74, 6) is 1.15. The van der Waals surface area contributed by atoms with Crippen molar-refractivity contribution in [2.45, 2.75) is 25.3 Å². The number of nitrogens with zero attached hydrogens (tertiary/aromatic N) is 2. The first-order valence-corrected chi connectivity index (χ1v) is 5.71. The molecule has 0 saturated carbocycles.